The van der Waals surface area contributed by atoms with Gasteiger partial charge in [-0.2, -0.15) is 0 Å². The standard InChI is InChI=1S/C22H22F2N2O2S2/c1-15-3-2-4-16(11-15)12-18-14-29-22(25-18)26-9-7-19(8-10-26)30(27,28)21-6-5-17(23)13-20(21)24/h2-6,11,13-14,19H,7-10,12H2,1H3. The Morgan fingerprint density at radius 3 is 2.60 bits per heavy atom. The second kappa shape index (κ2) is 8.43. The quantitative estimate of drug-likeness (QED) is 0.528. The molecular weight excluding hydrogens is 426 g/mol. The van der Waals surface area contributed by atoms with E-state index in [0.717, 1.165) is 29.4 Å². The van der Waals surface area contributed by atoms with Crippen molar-refractivity contribution in [1.29, 1.82) is 0 Å². The van der Waals surface area contributed by atoms with Crippen molar-refractivity contribution in [2.24, 2.45) is 0 Å². The minimum atomic E-state index is -3.84. The molecule has 0 atom stereocenters. The summed E-state index contributed by atoms with van der Waals surface area (Å²) >= 11 is 1.55. The molecule has 0 N–H and O–H groups in total. The van der Waals surface area contributed by atoms with Gasteiger partial charge in [-0.1, -0.05) is 29.8 Å². The van der Waals surface area contributed by atoms with Gasteiger partial charge in [0.2, 0.25) is 0 Å². The molecule has 4 rings (SSSR count). The maximum absolute atomic E-state index is 14.0. The summed E-state index contributed by atoms with van der Waals surface area (Å²) in [7, 11) is -3.84. The SMILES string of the molecule is Cc1cccc(Cc2csc(N3CCC(S(=O)(=O)c4ccc(F)cc4F)CC3)n2)c1. The predicted molar refractivity (Wildman–Crippen MR) is 115 cm³/mol. The summed E-state index contributed by atoms with van der Waals surface area (Å²) < 4.78 is 52.7. The molecule has 0 spiro atoms. The highest BCUT2D eigenvalue weighted by Crippen LogP contribution is 2.30. The highest BCUT2D eigenvalue weighted by molar-refractivity contribution is 7.92. The summed E-state index contributed by atoms with van der Waals surface area (Å²) in [5.74, 6) is -1.82. The van der Waals surface area contributed by atoms with Crippen LogP contribution in [0.25, 0.3) is 0 Å². The van der Waals surface area contributed by atoms with Crippen molar-refractivity contribution in [1.82, 2.24) is 4.98 Å². The Morgan fingerprint density at radius 2 is 1.90 bits per heavy atom. The molecule has 1 fully saturated rings. The number of rotatable bonds is 5. The highest BCUT2D eigenvalue weighted by atomic mass is 32.2. The van der Waals surface area contributed by atoms with Gasteiger partial charge in [-0.15, -0.1) is 11.3 Å². The third-order valence-corrected chi connectivity index (χ3v) is 8.60. The number of aromatic nitrogens is 1. The smallest absolute Gasteiger partial charge is 0.185 e. The van der Waals surface area contributed by atoms with Crippen molar-refractivity contribution in [3.63, 3.8) is 0 Å². The normalized spacial score (nSPS) is 15.5. The number of hydrogen-bond acceptors (Lipinski definition) is 5. The molecule has 3 aromatic rings. The topological polar surface area (TPSA) is 50.3 Å². The molecular formula is C22H22F2N2O2S2. The van der Waals surface area contributed by atoms with Crippen molar-refractivity contribution in [3.05, 3.63) is 76.3 Å². The lowest BCUT2D eigenvalue weighted by Gasteiger charge is -2.31. The third kappa shape index (κ3) is 4.39. The fourth-order valence-electron chi connectivity index (χ4n) is 3.80. The van der Waals surface area contributed by atoms with Gasteiger partial charge in [0, 0.05) is 31.0 Å². The van der Waals surface area contributed by atoms with Gasteiger partial charge in [-0.05, 0) is 37.5 Å². The number of anilines is 1. The van der Waals surface area contributed by atoms with Gasteiger partial charge in [0.25, 0.3) is 0 Å². The molecule has 2 heterocycles. The summed E-state index contributed by atoms with van der Waals surface area (Å²) in [5.41, 5.74) is 3.41. The van der Waals surface area contributed by atoms with Crippen LogP contribution in [0.4, 0.5) is 13.9 Å². The van der Waals surface area contributed by atoms with Crippen LogP contribution in [-0.2, 0) is 16.3 Å². The van der Waals surface area contributed by atoms with Crippen LogP contribution in [-0.4, -0.2) is 31.7 Å². The molecule has 0 radical (unpaired) electrons. The molecule has 8 heteroatoms. The maximum atomic E-state index is 14.0. The van der Waals surface area contributed by atoms with E-state index in [0.29, 0.717) is 32.0 Å². The second-order valence-corrected chi connectivity index (χ2v) is 10.6. The van der Waals surface area contributed by atoms with Gasteiger partial charge >= 0.3 is 0 Å². The fourth-order valence-corrected chi connectivity index (χ4v) is 6.45. The fraction of sp³-hybridized carbons (Fsp3) is 0.318. The highest BCUT2D eigenvalue weighted by Gasteiger charge is 2.33. The van der Waals surface area contributed by atoms with E-state index < -0.39 is 31.6 Å². The van der Waals surface area contributed by atoms with Crippen LogP contribution in [0.5, 0.6) is 0 Å². The molecule has 30 heavy (non-hydrogen) atoms. The molecule has 2 aromatic carbocycles. The van der Waals surface area contributed by atoms with Crippen LogP contribution in [0.2, 0.25) is 0 Å². The molecule has 4 nitrogen and oxygen atoms in total. The lowest BCUT2D eigenvalue weighted by molar-refractivity contribution is 0.516. The third-order valence-electron chi connectivity index (χ3n) is 5.36. The Morgan fingerprint density at radius 1 is 1.13 bits per heavy atom. The summed E-state index contributed by atoms with van der Waals surface area (Å²) in [6, 6.07) is 10.9. The van der Waals surface area contributed by atoms with Gasteiger partial charge in [0.05, 0.1) is 10.9 Å². The molecule has 0 saturated carbocycles. The number of benzene rings is 2. The number of aryl methyl sites for hydroxylation is 1. The first-order valence-electron chi connectivity index (χ1n) is 9.77. The Hall–Kier alpha value is -2.32. The lowest BCUT2D eigenvalue weighted by Crippen LogP contribution is -2.39. The van der Waals surface area contributed by atoms with Crippen LogP contribution in [0.1, 0.15) is 29.7 Å². The van der Waals surface area contributed by atoms with E-state index in [9.17, 15) is 17.2 Å². The summed E-state index contributed by atoms with van der Waals surface area (Å²) in [4.78, 5) is 6.38. The average molecular weight is 449 g/mol. The summed E-state index contributed by atoms with van der Waals surface area (Å²) in [5, 5.41) is 2.23. The van der Waals surface area contributed by atoms with Crippen molar-refractivity contribution in [3.8, 4) is 0 Å². The number of piperidine rings is 1. The van der Waals surface area contributed by atoms with Crippen LogP contribution < -0.4 is 4.90 Å². The van der Waals surface area contributed by atoms with Crippen LogP contribution in [0.3, 0.4) is 0 Å². The largest absolute Gasteiger partial charge is 0.348 e. The monoisotopic (exact) mass is 448 g/mol. The molecule has 0 bridgehead atoms. The molecule has 0 aliphatic carbocycles. The van der Waals surface area contributed by atoms with Crippen LogP contribution in [0.15, 0.2) is 52.7 Å². The number of thiazole rings is 1. The Bertz CT molecular complexity index is 1150. The first-order valence-corrected chi connectivity index (χ1v) is 12.2. The zero-order valence-electron chi connectivity index (χ0n) is 16.5. The molecule has 1 aliphatic rings. The second-order valence-electron chi connectivity index (χ2n) is 7.59. The van der Waals surface area contributed by atoms with E-state index in [4.69, 9.17) is 4.98 Å². The minimum absolute atomic E-state index is 0.381. The molecule has 1 aliphatic heterocycles. The zero-order chi connectivity index (χ0) is 21.3. The van der Waals surface area contributed by atoms with E-state index in [1.807, 2.05) is 11.4 Å². The zero-order valence-corrected chi connectivity index (χ0v) is 18.1. The molecule has 158 valence electrons. The van der Waals surface area contributed by atoms with Crippen molar-refractivity contribution in [2.75, 3.05) is 18.0 Å². The Kier molecular flexibility index (Phi) is 5.88. The van der Waals surface area contributed by atoms with E-state index in [-0.39, 0.29) is 0 Å². The first kappa shape index (κ1) is 20.9. The molecule has 0 amide bonds. The first-order chi connectivity index (χ1) is 14.3. The Balaban J connectivity index is 1.42. The van der Waals surface area contributed by atoms with E-state index in [2.05, 4.69) is 30.0 Å². The van der Waals surface area contributed by atoms with Gasteiger partial charge in [-0.3, -0.25) is 0 Å². The van der Waals surface area contributed by atoms with Crippen molar-refractivity contribution >= 4 is 26.3 Å². The Labute approximate surface area is 179 Å². The number of hydrogen-bond donors (Lipinski definition) is 0. The summed E-state index contributed by atoms with van der Waals surface area (Å²) in [6.07, 6.45) is 1.52. The number of halogens is 2. The van der Waals surface area contributed by atoms with Gasteiger partial charge in [0.15, 0.2) is 15.0 Å². The number of sulfone groups is 1. The van der Waals surface area contributed by atoms with Crippen LogP contribution >= 0.6 is 11.3 Å². The average Bonchev–Trinajstić information content (AvgIpc) is 3.16. The van der Waals surface area contributed by atoms with Gasteiger partial charge in [-0.25, -0.2) is 22.2 Å². The molecule has 1 saturated heterocycles. The van der Waals surface area contributed by atoms with Crippen molar-refractivity contribution in [2.45, 2.75) is 36.3 Å². The number of nitrogens with zero attached hydrogens (tertiary/aromatic N) is 2. The maximum Gasteiger partial charge on any atom is 0.185 e. The van der Waals surface area contributed by atoms with Crippen LogP contribution in [0, 0.1) is 18.6 Å². The van der Waals surface area contributed by atoms with E-state index in [1.165, 1.54) is 11.1 Å². The van der Waals surface area contributed by atoms with Gasteiger partial charge in [0.1, 0.15) is 16.5 Å². The van der Waals surface area contributed by atoms with E-state index >= 15 is 0 Å². The lowest BCUT2D eigenvalue weighted by atomic mass is 10.1. The molecule has 0 unspecified atom stereocenters. The van der Waals surface area contributed by atoms with Crippen molar-refractivity contribution < 1.29 is 17.2 Å². The molecule has 1 aromatic heterocycles. The van der Waals surface area contributed by atoms with Gasteiger partial charge < -0.3 is 4.90 Å². The minimum Gasteiger partial charge on any atom is -0.348 e. The van der Waals surface area contributed by atoms with E-state index in [1.54, 1.807) is 11.3 Å². The summed E-state index contributed by atoms with van der Waals surface area (Å²) in [6.45, 7) is 3.13. The predicted octanol–water partition coefficient (Wildman–Crippen LogP) is 4.76.